The van der Waals surface area contributed by atoms with E-state index in [-0.39, 0.29) is 5.91 Å². The van der Waals surface area contributed by atoms with Gasteiger partial charge in [0.15, 0.2) is 0 Å². The molecule has 98 valence electrons. The molecule has 0 aliphatic carbocycles. The summed E-state index contributed by atoms with van der Waals surface area (Å²) in [6.07, 6.45) is 2.89. The molecule has 18 heavy (non-hydrogen) atoms. The molecule has 0 bridgehead atoms. The van der Waals surface area contributed by atoms with Crippen LogP contribution in [0, 0.1) is 5.92 Å². The number of rotatable bonds is 4. The van der Waals surface area contributed by atoms with E-state index < -0.39 is 0 Å². The molecule has 0 aromatic heterocycles. The minimum atomic E-state index is 0.164. The Morgan fingerprint density at radius 2 is 2.06 bits per heavy atom. The Balaban J connectivity index is 1.76. The average molecular weight is 311 g/mol. The van der Waals surface area contributed by atoms with E-state index in [1.807, 2.05) is 24.3 Å². The van der Waals surface area contributed by atoms with Crippen LogP contribution in [0.4, 0.5) is 0 Å². The molecule has 1 heterocycles. The zero-order valence-corrected chi connectivity index (χ0v) is 12.0. The van der Waals surface area contributed by atoms with Crippen molar-refractivity contribution >= 4 is 21.8 Å². The van der Waals surface area contributed by atoms with Gasteiger partial charge >= 0.3 is 0 Å². The molecule has 1 aliphatic rings. The van der Waals surface area contributed by atoms with E-state index in [0.29, 0.717) is 18.9 Å². The molecule has 2 rings (SSSR count). The summed E-state index contributed by atoms with van der Waals surface area (Å²) in [7, 11) is 0. The Morgan fingerprint density at radius 3 is 2.78 bits per heavy atom. The molecule has 4 heteroatoms. The predicted molar refractivity (Wildman–Crippen MR) is 76.2 cm³/mol. The average Bonchev–Trinajstić information content (AvgIpc) is 2.39. The molecule has 1 aromatic rings. The Labute approximate surface area is 116 Å². The zero-order valence-electron chi connectivity index (χ0n) is 10.4. The van der Waals surface area contributed by atoms with Crippen molar-refractivity contribution in [3.05, 3.63) is 34.3 Å². The number of carbonyl (C=O) groups excluding carboxylic acids is 1. The second-order valence-electron chi connectivity index (χ2n) is 4.77. The molecular formula is C14H19BrN2O. The topological polar surface area (TPSA) is 41.1 Å². The fraction of sp³-hybridized carbons (Fsp3) is 0.500. The largest absolute Gasteiger partial charge is 0.352 e. The number of hydrogen-bond donors (Lipinski definition) is 2. The summed E-state index contributed by atoms with van der Waals surface area (Å²) in [4.78, 5) is 11.8. The van der Waals surface area contributed by atoms with Crippen molar-refractivity contribution in [2.24, 2.45) is 5.92 Å². The van der Waals surface area contributed by atoms with Gasteiger partial charge in [-0.25, -0.2) is 0 Å². The van der Waals surface area contributed by atoms with Crippen molar-refractivity contribution in [3.63, 3.8) is 0 Å². The van der Waals surface area contributed by atoms with E-state index in [1.165, 1.54) is 0 Å². The van der Waals surface area contributed by atoms with Crippen molar-refractivity contribution in [3.8, 4) is 0 Å². The van der Waals surface area contributed by atoms with Crippen LogP contribution in [0.2, 0.25) is 0 Å². The molecule has 1 aliphatic heterocycles. The van der Waals surface area contributed by atoms with Gasteiger partial charge in [-0.1, -0.05) is 34.1 Å². The van der Waals surface area contributed by atoms with Gasteiger partial charge in [-0.2, -0.15) is 0 Å². The quantitative estimate of drug-likeness (QED) is 0.897. The molecule has 0 radical (unpaired) electrons. The molecule has 0 spiro atoms. The third kappa shape index (κ3) is 4.10. The van der Waals surface area contributed by atoms with E-state index in [9.17, 15) is 4.79 Å². The first-order valence-electron chi connectivity index (χ1n) is 6.46. The molecule has 1 saturated heterocycles. The lowest BCUT2D eigenvalue weighted by atomic mass is 9.94. The third-order valence-electron chi connectivity index (χ3n) is 3.37. The maximum atomic E-state index is 11.8. The van der Waals surface area contributed by atoms with E-state index in [2.05, 4.69) is 26.6 Å². The Hall–Kier alpha value is -0.870. The Kier molecular flexibility index (Phi) is 5.20. The summed E-state index contributed by atoms with van der Waals surface area (Å²) in [6, 6.07) is 7.98. The first-order chi connectivity index (χ1) is 8.75. The molecule has 0 saturated carbocycles. The first kappa shape index (κ1) is 13.6. The van der Waals surface area contributed by atoms with Crippen molar-refractivity contribution in [2.75, 3.05) is 13.1 Å². The van der Waals surface area contributed by atoms with Gasteiger partial charge < -0.3 is 10.6 Å². The second-order valence-corrected chi connectivity index (χ2v) is 5.62. The number of amides is 1. The van der Waals surface area contributed by atoms with Crippen molar-refractivity contribution in [1.29, 1.82) is 0 Å². The summed E-state index contributed by atoms with van der Waals surface area (Å²) >= 11 is 3.49. The predicted octanol–water partition coefficient (Wildman–Crippen LogP) is 2.46. The maximum Gasteiger partial charge on any atom is 0.220 e. The second kappa shape index (κ2) is 6.90. The lowest BCUT2D eigenvalue weighted by Gasteiger charge is -2.21. The first-order valence-corrected chi connectivity index (χ1v) is 7.26. The van der Waals surface area contributed by atoms with Gasteiger partial charge in [0, 0.05) is 17.4 Å². The zero-order chi connectivity index (χ0) is 12.8. The molecule has 0 atom stereocenters. The maximum absolute atomic E-state index is 11.8. The van der Waals surface area contributed by atoms with Crippen molar-refractivity contribution < 1.29 is 4.79 Å². The third-order valence-corrected chi connectivity index (χ3v) is 4.14. The molecule has 0 unspecified atom stereocenters. The van der Waals surface area contributed by atoms with Crippen LogP contribution in [0.25, 0.3) is 0 Å². The Morgan fingerprint density at radius 1 is 1.33 bits per heavy atom. The fourth-order valence-corrected chi connectivity index (χ4v) is 2.68. The molecule has 1 amide bonds. The lowest BCUT2D eigenvalue weighted by molar-refractivity contribution is -0.122. The molecule has 1 aromatic carbocycles. The van der Waals surface area contributed by atoms with Crippen LogP contribution in [0.1, 0.15) is 24.8 Å². The number of piperidine rings is 1. The van der Waals surface area contributed by atoms with Gasteiger partial charge in [-0.15, -0.1) is 0 Å². The number of halogens is 1. The van der Waals surface area contributed by atoms with E-state index in [0.717, 1.165) is 36.0 Å². The summed E-state index contributed by atoms with van der Waals surface area (Å²) in [5.74, 6) is 0.711. The summed E-state index contributed by atoms with van der Waals surface area (Å²) in [5, 5.41) is 6.31. The van der Waals surface area contributed by atoms with Gasteiger partial charge in [-0.3, -0.25) is 4.79 Å². The van der Waals surface area contributed by atoms with E-state index in [4.69, 9.17) is 0 Å². The molecule has 3 nitrogen and oxygen atoms in total. The highest BCUT2D eigenvalue weighted by molar-refractivity contribution is 9.10. The summed E-state index contributed by atoms with van der Waals surface area (Å²) in [5.41, 5.74) is 1.12. The summed E-state index contributed by atoms with van der Waals surface area (Å²) in [6.45, 7) is 2.69. The van der Waals surface area contributed by atoms with Gasteiger partial charge in [0.2, 0.25) is 5.91 Å². The van der Waals surface area contributed by atoms with Crippen molar-refractivity contribution in [1.82, 2.24) is 10.6 Å². The lowest BCUT2D eigenvalue weighted by Crippen LogP contribution is -2.32. The summed E-state index contributed by atoms with van der Waals surface area (Å²) < 4.78 is 1.05. The number of hydrogen-bond acceptors (Lipinski definition) is 2. The van der Waals surface area contributed by atoms with Gasteiger partial charge in [0.25, 0.3) is 0 Å². The standard InChI is InChI=1S/C14H19BrN2O/c15-13-4-2-1-3-12(13)10-17-14(18)9-11-5-7-16-8-6-11/h1-4,11,16H,5-10H2,(H,17,18). The van der Waals surface area contributed by atoms with Crippen LogP contribution in [-0.4, -0.2) is 19.0 Å². The molecule has 2 N–H and O–H groups in total. The van der Waals surface area contributed by atoms with Crippen LogP contribution < -0.4 is 10.6 Å². The smallest absolute Gasteiger partial charge is 0.220 e. The number of benzene rings is 1. The van der Waals surface area contributed by atoms with Gasteiger partial charge in [0.1, 0.15) is 0 Å². The van der Waals surface area contributed by atoms with Crippen LogP contribution in [-0.2, 0) is 11.3 Å². The number of nitrogens with one attached hydrogen (secondary N) is 2. The van der Waals surface area contributed by atoms with Crippen LogP contribution in [0.3, 0.4) is 0 Å². The van der Waals surface area contributed by atoms with Gasteiger partial charge in [0.05, 0.1) is 0 Å². The fourth-order valence-electron chi connectivity index (χ4n) is 2.26. The van der Waals surface area contributed by atoms with Crippen LogP contribution >= 0.6 is 15.9 Å². The van der Waals surface area contributed by atoms with Crippen LogP contribution in [0.5, 0.6) is 0 Å². The SMILES string of the molecule is O=C(CC1CCNCC1)NCc1ccccc1Br. The highest BCUT2D eigenvalue weighted by Gasteiger charge is 2.16. The molecule has 1 fully saturated rings. The minimum Gasteiger partial charge on any atom is -0.352 e. The molecular weight excluding hydrogens is 292 g/mol. The van der Waals surface area contributed by atoms with Gasteiger partial charge in [-0.05, 0) is 43.5 Å². The number of carbonyl (C=O) groups is 1. The van der Waals surface area contributed by atoms with Crippen LogP contribution in [0.15, 0.2) is 28.7 Å². The van der Waals surface area contributed by atoms with E-state index in [1.54, 1.807) is 0 Å². The van der Waals surface area contributed by atoms with E-state index >= 15 is 0 Å². The highest BCUT2D eigenvalue weighted by atomic mass is 79.9. The highest BCUT2D eigenvalue weighted by Crippen LogP contribution is 2.17. The Bertz CT molecular complexity index is 403. The monoisotopic (exact) mass is 310 g/mol. The normalized spacial score (nSPS) is 16.5. The van der Waals surface area contributed by atoms with Crippen molar-refractivity contribution in [2.45, 2.75) is 25.8 Å². The minimum absolute atomic E-state index is 0.164.